The molecule has 0 radical (unpaired) electrons. The minimum Gasteiger partial charge on any atom is -0.554 e. The van der Waals surface area contributed by atoms with Gasteiger partial charge in [0.05, 0.1) is 31.0 Å². The van der Waals surface area contributed by atoms with E-state index in [4.69, 9.17) is 9.90 Å². The summed E-state index contributed by atoms with van der Waals surface area (Å²) in [5.41, 5.74) is 2.84. The number of anilines is 2. The van der Waals surface area contributed by atoms with Crippen LogP contribution in [0.2, 0.25) is 0 Å². The van der Waals surface area contributed by atoms with Crippen molar-refractivity contribution in [3.63, 3.8) is 0 Å². The van der Waals surface area contributed by atoms with Crippen LogP contribution in [0.25, 0.3) is 0 Å². The number of carbonyl (C=O) groups excluding carboxylic acids is 3. The van der Waals surface area contributed by atoms with E-state index in [1.165, 1.54) is 6.92 Å². The fraction of sp³-hybridized carbons (Fsp3) is 0.348. The summed E-state index contributed by atoms with van der Waals surface area (Å²) in [6.45, 7) is 10.6. The molecule has 9 heteroatoms. The Morgan fingerprint density at radius 3 is 1.56 bits per heavy atom. The zero-order chi connectivity index (χ0) is 24.0. The highest BCUT2D eigenvalue weighted by Gasteiger charge is 2.24. The van der Waals surface area contributed by atoms with Gasteiger partial charge in [-0.15, -0.1) is 0 Å². The van der Waals surface area contributed by atoms with Gasteiger partial charge in [0, 0.05) is 24.8 Å². The first-order chi connectivity index (χ1) is 15.3. The zero-order valence-electron chi connectivity index (χ0n) is 19.0. The molecule has 2 aromatic rings. The van der Waals surface area contributed by atoms with Crippen molar-refractivity contribution in [2.75, 3.05) is 36.8 Å². The van der Waals surface area contributed by atoms with E-state index in [0.29, 0.717) is 23.6 Å². The lowest BCUT2D eigenvalue weighted by atomic mass is 10.2. The van der Waals surface area contributed by atoms with Crippen LogP contribution in [0.3, 0.4) is 0 Å². The number of azo groups is 1. The van der Waals surface area contributed by atoms with Gasteiger partial charge >= 0.3 is 0 Å². The Morgan fingerprint density at radius 2 is 1.22 bits per heavy atom. The van der Waals surface area contributed by atoms with Crippen LogP contribution in [0.5, 0.6) is 0 Å². The molecule has 2 aromatic carbocycles. The molecular weight excluding hydrogens is 410 g/mol. The van der Waals surface area contributed by atoms with Crippen LogP contribution in [-0.2, 0) is 14.4 Å². The minimum atomic E-state index is -0.500. The van der Waals surface area contributed by atoms with E-state index in [1.54, 1.807) is 24.3 Å². The fourth-order valence-electron chi connectivity index (χ4n) is 3.05. The number of benzene rings is 2. The van der Waals surface area contributed by atoms with Gasteiger partial charge in [-0.2, -0.15) is 10.2 Å². The first-order valence-electron chi connectivity index (χ1n) is 10.4. The molecule has 0 aliphatic rings. The van der Waals surface area contributed by atoms with E-state index in [0.717, 1.165) is 29.8 Å². The maximum absolute atomic E-state index is 12.4. The first kappa shape index (κ1) is 26.4. The smallest absolute Gasteiger partial charge is 0.279 e. The van der Waals surface area contributed by atoms with Gasteiger partial charge in [-0.05, 0) is 69.3 Å². The van der Waals surface area contributed by atoms with Crippen LogP contribution in [0.1, 0.15) is 27.7 Å². The molecule has 0 saturated heterocycles. The van der Waals surface area contributed by atoms with Crippen molar-refractivity contribution < 1.29 is 24.0 Å². The molecule has 0 bridgehead atoms. The number of rotatable bonds is 9. The third-order valence-corrected chi connectivity index (χ3v) is 5.11. The van der Waals surface area contributed by atoms with Crippen molar-refractivity contribution in [1.29, 1.82) is 0 Å². The molecule has 2 rings (SSSR count). The topological polar surface area (TPSA) is 123 Å². The molecule has 0 heterocycles. The number of nitrogens with zero attached hydrogens (tertiary/aromatic N) is 3. The third-order valence-electron chi connectivity index (χ3n) is 5.11. The van der Waals surface area contributed by atoms with Gasteiger partial charge in [0.2, 0.25) is 5.91 Å². The monoisotopic (exact) mass is 441 g/mol. The lowest BCUT2D eigenvalue weighted by molar-refractivity contribution is -0.915. The summed E-state index contributed by atoms with van der Waals surface area (Å²) in [6, 6.07) is 14.4. The summed E-state index contributed by atoms with van der Waals surface area (Å²) in [5.74, 6) is -0.0977. The third kappa shape index (κ3) is 9.05. The predicted molar refractivity (Wildman–Crippen MR) is 123 cm³/mol. The SMILES string of the molecule is CC[N+](CC)(CC)CC(=O)Nc1ccc(N=Nc2ccc(NC(C)=O)cc2)cc1.O=C[O-]. The second-order valence-corrected chi connectivity index (χ2v) is 7.07. The number of nitrogens with one attached hydrogen (secondary N) is 2. The van der Waals surface area contributed by atoms with Crippen LogP contribution in [0.15, 0.2) is 58.8 Å². The lowest BCUT2D eigenvalue weighted by Gasteiger charge is -2.34. The number of amides is 2. The van der Waals surface area contributed by atoms with Crippen LogP contribution >= 0.6 is 0 Å². The molecule has 32 heavy (non-hydrogen) atoms. The van der Waals surface area contributed by atoms with Crippen molar-refractivity contribution in [2.45, 2.75) is 27.7 Å². The van der Waals surface area contributed by atoms with E-state index < -0.39 is 6.47 Å². The maximum atomic E-state index is 12.4. The van der Waals surface area contributed by atoms with Gasteiger partial charge in [0.25, 0.3) is 5.91 Å². The van der Waals surface area contributed by atoms with Crippen LogP contribution < -0.4 is 15.7 Å². The molecule has 0 fully saturated rings. The van der Waals surface area contributed by atoms with Crippen LogP contribution in [-0.4, -0.2) is 48.9 Å². The summed E-state index contributed by atoms with van der Waals surface area (Å²) in [6.07, 6.45) is 0. The van der Waals surface area contributed by atoms with Crippen molar-refractivity contribution in [3.05, 3.63) is 48.5 Å². The molecule has 9 nitrogen and oxygen atoms in total. The van der Waals surface area contributed by atoms with E-state index in [1.807, 2.05) is 24.3 Å². The largest absolute Gasteiger partial charge is 0.554 e. The van der Waals surface area contributed by atoms with Gasteiger partial charge in [0.15, 0.2) is 6.54 Å². The van der Waals surface area contributed by atoms with Crippen molar-refractivity contribution in [2.24, 2.45) is 10.2 Å². The van der Waals surface area contributed by atoms with E-state index in [9.17, 15) is 9.59 Å². The number of hydrogen-bond acceptors (Lipinski definition) is 6. The Labute approximate surface area is 188 Å². The molecule has 2 N–H and O–H groups in total. The summed E-state index contributed by atoms with van der Waals surface area (Å²) in [4.78, 5) is 31.7. The molecule has 0 spiro atoms. The Balaban J connectivity index is 0.00000161. The first-order valence-corrected chi connectivity index (χ1v) is 10.4. The summed E-state index contributed by atoms with van der Waals surface area (Å²) in [7, 11) is 0. The Morgan fingerprint density at radius 1 is 0.844 bits per heavy atom. The minimum absolute atomic E-state index is 0.0178. The van der Waals surface area contributed by atoms with Crippen LogP contribution in [0.4, 0.5) is 22.7 Å². The molecule has 0 saturated carbocycles. The summed E-state index contributed by atoms with van der Waals surface area (Å²) >= 11 is 0. The number of hydrogen-bond donors (Lipinski definition) is 2. The Kier molecular flexibility index (Phi) is 11.3. The van der Waals surface area contributed by atoms with Gasteiger partial charge in [-0.25, -0.2) is 0 Å². The van der Waals surface area contributed by atoms with Crippen molar-refractivity contribution >= 4 is 41.0 Å². The second kappa shape index (κ2) is 13.7. The van der Waals surface area contributed by atoms with Gasteiger partial charge in [-0.1, -0.05) is 0 Å². The lowest BCUT2D eigenvalue weighted by Crippen LogP contribution is -2.51. The fourth-order valence-corrected chi connectivity index (χ4v) is 3.05. The maximum Gasteiger partial charge on any atom is 0.279 e. The quantitative estimate of drug-likeness (QED) is 0.352. The molecule has 0 aliphatic carbocycles. The highest BCUT2D eigenvalue weighted by atomic mass is 16.3. The van der Waals surface area contributed by atoms with Crippen molar-refractivity contribution in [3.8, 4) is 0 Å². The number of quaternary nitrogens is 1. The molecule has 0 unspecified atom stereocenters. The summed E-state index contributed by atoms with van der Waals surface area (Å²) < 4.78 is 0.777. The molecular formula is C23H31N5O4. The van der Waals surface area contributed by atoms with Crippen LogP contribution in [0, 0.1) is 0 Å². The van der Waals surface area contributed by atoms with Gasteiger partial charge in [-0.3, -0.25) is 9.59 Å². The van der Waals surface area contributed by atoms with Crippen molar-refractivity contribution in [1.82, 2.24) is 0 Å². The van der Waals surface area contributed by atoms with E-state index in [-0.39, 0.29) is 11.8 Å². The van der Waals surface area contributed by atoms with Gasteiger partial charge in [0.1, 0.15) is 0 Å². The Bertz CT molecular complexity index is 883. The average molecular weight is 442 g/mol. The molecule has 0 aromatic heterocycles. The molecule has 172 valence electrons. The number of likely N-dealkylation sites (N-methyl/N-ethyl adjacent to an activating group) is 1. The second-order valence-electron chi connectivity index (χ2n) is 7.07. The molecule has 0 atom stereocenters. The van der Waals surface area contributed by atoms with E-state index >= 15 is 0 Å². The number of carboxylic acid groups (broad SMARTS) is 1. The molecule has 2 amide bonds. The van der Waals surface area contributed by atoms with E-state index in [2.05, 4.69) is 41.6 Å². The van der Waals surface area contributed by atoms with Gasteiger partial charge < -0.3 is 25.0 Å². The normalized spacial score (nSPS) is 10.8. The highest BCUT2D eigenvalue weighted by molar-refractivity contribution is 5.91. The zero-order valence-corrected chi connectivity index (χ0v) is 19.0. The standard InChI is InChI=1S/C22H29N5O2.CH2O2/c1-5-27(6-2,7-3)16-22(29)24-19-10-14-21(15-11-19)26-25-20-12-8-18(9-13-20)23-17(4)28;2-1-3/h8-15H,5-7,16H2,1-4H3,(H-,23,24,25,26,28,29);1H,(H,2,3). The summed E-state index contributed by atoms with van der Waals surface area (Å²) in [5, 5.41) is 22.3. The number of carbonyl (C=O) groups is 3. The molecule has 0 aliphatic heterocycles. The predicted octanol–water partition coefficient (Wildman–Crippen LogP) is 3.24. The average Bonchev–Trinajstić information content (AvgIpc) is 2.78. The Hall–Kier alpha value is -3.59. The highest BCUT2D eigenvalue weighted by Crippen LogP contribution is 2.22.